The summed E-state index contributed by atoms with van der Waals surface area (Å²) in [6.07, 6.45) is 2.17. The van der Waals surface area contributed by atoms with Crippen LogP contribution in [0.1, 0.15) is 12.8 Å². The first-order chi connectivity index (χ1) is 4.34. The minimum Gasteiger partial charge on any atom is -0.426 e. The van der Waals surface area contributed by atoms with Gasteiger partial charge in [-0.3, -0.25) is 0 Å². The molecule has 52 valence electrons. The van der Waals surface area contributed by atoms with E-state index in [0.29, 0.717) is 0 Å². The Balaban J connectivity index is 2.24. The molecule has 1 saturated heterocycles. The lowest BCUT2D eigenvalue weighted by molar-refractivity contribution is 0.308. The summed E-state index contributed by atoms with van der Waals surface area (Å²) >= 11 is 0. The maximum Gasteiger partial charge on any atom is 0.472 e. The van der Waals surface area contributed by atoms with Crippen molar-refractivity contribution in [2.24, 2.45) is 0 Å². The maximum atomic E-state index is 9.07. The molecule has 0 aromatic rings. The van der Waals surface area contributed by atoms with Crippen LogP contribution in [-0.4, -0.2) is 31.7 Å². The normalized spacial score (nSPS) is 26.7. The molecule has 0 spiro atoms. The molecule has 0 bridgehead atoms. The van der Waals surface area contributed by atoms with Crippen LogP contribution in [0.5, 0.6) is 0 Å². The molecule has 3 nitrogen and oxygen atoms in total. The van der Waals surface area contributed by atoms with Gasteiger partial charge in [0.25, 0.3) is 0 Å². The minimum atomic E-state index is -0.618. The maximum absolute atomic E-state index is 9.07. The van der Waals surface area contributed by atoms with Crippen LogP contribution in [-0.2, 0) is 4.65 Å². The summed E-state index contributed by atoms with van der Waals surface area (Å²) < 4.78 is 4.73. The molecule has 1 rings (SSSR count). The Morgan fingerprint density at radius 2 is 2.56 bits per heavy atom. The van der Waals surface area contributed by atoms with Crippen LogP contribution in [0.2, 0.25) is 0 Å². The van der Waals surface area contributed by atoms with Crippen LogP contribution in [0.3, 0.4) is 0 Å². The molecule has 0 amide bonds. The summed E-state index contributed by atoms with van der Waals surface area (Å²) in [6.45, 7) is 1.01. The Labute approximate surface area is 55.5 Å². The van der Waals surface area contributed by atoms with Gasteiger partial charge < -0.3 is 15.0 Å². The van der Waals surface area contributed by atoms with Crippen molar-refractivity contribution in [1.82, 2.24) is 5.32 Å². The lowest BCUT2D eigenvalue weighted by atomic mass is 9.78. The molecular weight excluding hydrogens is 117 g/mol. The van der Waals surface area contributed by atoms with Crippen LogP contribution in [0.25, 0.3) is 0 Å². The molecule has 0 unspecified atom stereocenters. The lowest BCUT2D eigenvalue weighted by Gasteiger charge is -2.10. The molecule has 1 atom stereocenters. The summed E-state index contributed by atoms with van der Waals surface area (Å²) in [5, 5.41) is 12.2. The Morgan fingerprint density at radius 1 is 1.78 bits per heavy atom. The van der Waals surface area contributed by atoms with E-state index < -0.39 is 7.12 Å². The highest BCUT2D eigenvalue weighted by Crippen LogP contribution is 2.06. The van der Waals surface area contributed by atoms with Crippen molar-refractivity contribution in [3.63, 3.8) is 0 Å². The van der Waals surface area contributed by atoms with Gasteiger partial charge in [0.1, 0.15) is 0 Å². The third-order valence-corrected chi connectivity index (χ3v) is 1.68. The highest BCUT2D eigenvalue weighted by atomic mass is 16.5. The molecule has 0 saturated carbocycles. The molecule has 1 aliphatic heterocycles. The first kappa shape index (κ1) is 7.06. The van der Waals surface area contributed by atoms with Crippen LogP contribution in [0.4, 0.5) is 0 Å². The number of hydrogen-bond acceptors (Lipinski definition) is 3. The van der Waals surface area contributed by atoms with Gasteiger partial charge >= 0.3 is 7.12 Å². The second-order valence-corrected chi connectivity index (χ2v) is 2.33. The average Bonchev–Trinajstić information content (AvgIpc) is 2.37. The van der Waals surface area contributed by atoms with E-state index in [-0.39, 0.29) is 5.94 Å². The molecule has 9 heavy (non-hydrogen) atoms. The number of nitrogens with one attached hydrogen (secondary N) is 1. The Morgan fingerprint density at radius 3 is 3.00 bits per heavy atom. The monoisotopic (exact) mass is 129 g/mol. The quantitative estimate of drug-likeness (QED) is 0.489. The lowest BCUT2D eigenvalue weighted by Crippen LogP contribution is -2.40. The predicted octanol–water partition coefficient (Wildman–Crippen LogP) is -0.596. The molecule has 1 aliphatic rings. The predicted molar refractivity (Wildman–Crippen MR) is 36.0 cm³/mol. The van der Waals surface area contributed by atoms with Crippen molar-refractivity contribution in [3.8, 4) is 0 Å². The van der Waals surface area contributed by atoms with Gasteiger partial charge in [-0.1, -0.05) is 0 Å². The van der Waals surface area contributed by atoms with E-state index in [4.69, 9.17) is 9.68 Å². The second kappa shape index (κ2) is 3.20. The first-order valence-corrected chi connectivity index (χ1v) is 3.29. The summed E-state index contributed by atoms with van der Waals surface area (Å²) in [7, 11) is 0.900. The highest BCUT2D eigenvalue weighted by molar-refractivity contribution is 6.44. The van der Waals surface area contributed by atoms with Gasteiger partial charge in [0, 0.05) is 13.1 Å². The molecule has 2 N–H and O–H groups in total. The fourth-order valence-electron chi connectivity index (χ4n) is 1.12. The smallest absolute Gasteiger partial charge is 0.426 e. The standard InChI is InChI=1S/C5H12BNO2/c1-9-6(8)5-3-2-4-7-5/h5,7-8H,2-4H2,1H3/t5-/m0/s1. The average molecular weight is 129 g/mol. The topological polar surface area (TPSA) is 41.5 Å². The van der Waals surface area contributed by atoms with Gasteiger partial charge in [-0.05, 0) is 19.4 Å². The van der Waals surface area contributed by atoms with Crippen LogP contribution < -0.4 is 5.32 Å². The Kier molecular flexibility index (Phi) is 2.51. The van der Waals surface area contributed by atoms with Crippen molar-refractivity contribution >= 4 is 7.12 Å². The van der Waals surface area contributed by atoms with E-state index in [1.807, 2.05) is 0 Å². The van der Waals surface area contributed by atoms with Crippen molar-refractivity contribution < 1.29 is 9.68 Å². The summed E-state index contributed by atoms with van der Waals surface area (Å²) in [4.78, 5) is 0. The van der Waals surface area contributed by atoms with Crippen molar-refractivity contribution in [1.29, 1.82) is 0 Å². The fraction of sp³-hybridized carbons (Fsp3) is 1.00. The largest absolute Gasteiger partial charge is 0.472 e. The Hall–Kier alpha value is -0.0551. The summed E-state index contributed by atoms with van der Waals surface area (Å²) in [5.41, 5.74) is 0. The van der Waals surface area contributed by atoms with Gasteiger partial charge in [-0.2, -0.15) is 0 Å². The molecule has 4 heteroatoms. The minimum absolute atomic E-state index is 0.162. The second-order valence-electron chi connectivity index (χ2n) is 2.33. The van der Waals surface area contributed by atoms with Crippen LogP contribution >= 0.6 is 0 Å². The van der Waals surface area contributed by atoms with Gasteiger partial charge in [-0.15, -0.1) is 0 Å². The van der Waals surface area contributed by atoms with Gasteiger partial charge in [0.05, 0.1) is 0 Å². The van der Waals surface area contributed by atoms with Gasteiger partial charge in [-0.25, -0.2) is 0 Å². The molecule has 0 aliphatic carbocycles. The molecule has 0 aromatic carbocycles. The van der Waals surface area contributed by atoms with Crippen molar-refractivity contribution in [3.05, 3.63) is 0 Å². The number of rotatable bonds is 2. The van der Waals surface area contributed by atoms with E-state index in [2.05, 4.69) is 5.32 Å². The van der Waals surface area contributed by atoms with Crippen LogP contribution in [0, 0.1) is 0 Å². The molecule has 0 radical (unpaired) electrons. The van der Waals surface area contributed by atoms with E-state index in [1.54, 1.807) is 0 Å². The molecule has 1 heterocycles. The van der Waals surface area contributed by atoms with Crippen molar-refractivity contribution in [2.45, 2.75) is 18.8 Å². The summed E-state index contributed by atoms with van der Waals surface area (Å²) in [6, 6.07) is 0. The van der Waals surface area contributed by atoms with E-state index >= 15 is 0 Å². The molecular formula is C5H12BNO2. The zero-order valence-corrected chi connectivity index (χ0v) is 5.63. The van der Waals surface area contributed by atoms with E-state index in [1.165, 1.54) is 7.11 Å². The zero-order valence-electron chi connectivity index (χ0n) is 5.63. The number of hydrogen-bond donors (Lipinski definition) is 2. The first-order valence-electron chi connectivity index (χ1n) is 3.29. The fourth-order valence-corrected chi connectivity index (χ4v) is 1.12. The Bertz CT molecular complexity index is 85.0. The van der Waals surface area contributed by atoms with Crippen LogP contribution in [0.15, 0.2) is 0 Å². The highest BCUT2D eigenvalue weighted by Gasteiger charge is 2.27. The van der Waals surface area contributed by atoms with Crippen molar-refractivity contribution in [2.75, 3.05) is 13.7 Å². The molecule has 0 aromatic heterocycles. The van der Waals surface area contributed by atoms with E-state index in [9.17, 15) is 0 Å². The van der Waals surface area contributed by atoms with Gasteiger partial charge in [0.15, 0.2) is 0 Å². The van der Waals surface area contributed by atoms with E-state index in [0.717, 1.165) is 19.4 Å². The summed E-state index contributed by atoms with van der Waals surface area (Å²) in [5.74, 6) is 0.162. The SMILES string of the molecule is COB(O)[C@@H]1CCCN1. The van der Waals surface area contributed by atoms with Gasteiger partial charge in [0.2, 0.25) is 0 Å². The third-order valence-electron chi connectivity index (χ3n) is 1.68. The molecule has 1 fully saturated rings. The zero-order chi connectivity index (χ0) is 6.69. The third kappa shape index (κ3) is 1.68.